The van der Waals surface area contributed by atoms with Gasteiger partial charge in [0, 0.05) is 12.0 Å². The maximum absolute atomic E-state index is 6.27. The van der Waals surface area contributed by atoms with Gasteiger partial charge in [-0.15, -0.1) is 0 Å². The monoisotopic (exact) mass is 269 g/mol. The second-order valence-electron chi connectivity index (χ2n) is 5.33. The summed E-state index contributed by atoms with van der Waals surface area (Å²) in [6.07, 6.45) is 2.30. The minimum atomic E-state index is -0.00521. The van der Waals surface area contributed by atoms with Crippen LogP contribution in [0.3, 0.4) is 0 Å². The highest BCUT2D eigenvalue weighted by Gasteiger charge is 2.24. The molecule has 0 saturated carbocycles. The van der Waals surface area contributed by atoms with E-state index in [0.29, 0.717) is 11.6 Å². The summed E-state index contributed by atoms with van der Waals surface area (Å²) in [6, 6.07) is 6.01. The Bertz CT molecular complexity index is 392. The van der Waals surface area contributed by atoms with E-state index in [-0.39, 0.29) is 11.5 Å². The van der Waals surface area contributed by atoms with Gasteiger partial charge in [-0.1, -0.05) is 37.9 Å². The van der Waals surface area contributed by atoms with Crippen molar-refractivity contribution in [3.05, 3.63) is 28.8 Å². The first-order valence-corrected chi connectivity index (χ1v) is 6.97. The molecule has 0 radical (unpaired) electrons. The first-order chi connectivity index (χ1) is 8.42. The van der Waals surface area contributed by atoms with Gasteiger partial charge in [-0.2, -0.15) is 0 Å². The van der Waals surface area contributed by atoms with Crippen molar-refractivity contribution in [2.24, 2.45) is 5.73 Å². The van der Waals surface area contributed by atoms with E-state index in [1.165, 1.54) is 5.56 Å². The van der Waals surface area contributed by atoms with Crippen molar-refractivity contribution >= 4 is 11.6 Å². The predicted molar refractivity (Wildman–Crippen MR) is 78.5 cm³/mol. The van der Waals surface area contributed by atoms with E-state index in [9.17, 15) is 0 Å². The van der Waals surface area contributed by atoms with Crippen molar-refractivity contribution in [3.63, 3.8) is 0 Å². The molecule has 0 heterocycles. The fraction of sp³-hybridized carbons (Fsp3) is 0.600. The van der Waals surface area contributed by atoms with Crippen LogP contribution in [0.1, 0.15) is 46.1 Å². The van der Waals surface area contributed by atoms with Gasteiger partial charge in [-0.3, -0.25) is 0 Å². The smallest absolute Gasteiger partial charge is 0.138 e. The molecule has 0 aliphatic rings. The van der Waals surface area contributed by atoms with Crippen molar-refractivity contribution in [2.45, 2.75) is 52.1 Å². The number of ether oxygens (including phenoxy) is 1. The SMILES string of the molecule is CCCC(C)(CN)c1ccc(OC(C)C)c(Cl)c1. The normalized spacial score (nSPS) is 14.6. The molecule has 0 aromatic heterocycles. The molecule has 2 nitrogen and oxygen atoms in total. The summed E-state index contributed by atoms with van der Waals surface area (Å²) in [4.78, 5) is 0. The van der Waals surface area contributed by atoms with Gasteiger partial charge in [-0.25, -0.2) is 0 Å². The summed E-state index contributed by atoms with van der Waals surface area (Å²) in [5.74, 6) is 0.742. The summed E-state index contributed by atoms with van der Waals surface area (Å²) >= 11 is 6.27. The summed E-state index contributed by atoms with van der Waals surface area (Å²) in [5, 5.41) is 0.664. The molecule has 18 heavy (non-hydrogen) atoms. The van der Waals surface area contributed by atoms with Gasteiger partial charge in [0.2, 0.25) is 0 Å². The molecule has 1 atom stereocenters. The number of hydrogen-bond donors (Lipinski definition) is 1. The third-order valence-corrected chi connectivity index (χ3v) is 3.54. The van der Waals surface area contributed by atoms with E-state index >= 15 is 0 Å². The van der Waals surface area contributed by atoms with Gasteiger partial charge in [0.1, 0.15) is 5.75 Å². The lowest BCUT2D eigenvalue weighted by Crippen LogP contribution is -2.31. The predicted octanol–water partition coefficient (Wildman–Crippen LogP) is 4.14. The lowest BCUT2D eigenvalue weighted by molar-refractivity contribution is 0.242. The van der Waals surface area contributed by atoms with Gasteiger partial charge >= 0.3 is 0 Å². The zero-order valence-corrected chi connectivity index (χ0v) is 12.6. The van der Waals surface area contributed by atoms with Crippen molar-refractivity contribution in [1.82, 2.24) is 0 Å². The van der Waals surface area contributed by atoms with E-state index in [4.69, 9.17) is 22.1 Å². The minimum Gasteiger partial charge on any atom is -0.489 e. The standard InChI is InChI=1S/C15H24ClNO/c1-5-8-15(4,10-17)12-6-7-14(13(16)9-12)18-11(2)3/h6-7,9,11H,5,8,10,17H2,1-4H3. The average molecular weight is 270 g/mol. The van der Waals surface area contributed by atoms with E-state index in [1.54, 1.807) is 0 Å². The highest BCUT2D eigenvalue weighted by Crippen LogP contribution is 2.34. The molecule has 0 spiro atoms. The molecule has 0 amide bonds. The number of halogens is 1. The van der Waals surface area contributed by atoms with Crippen LogP contribution < -0.4 is 10.5 Å². The van der Waals surface area contributed by atoms with Crippen LogP contribution in [-0.4, -0.2) is 12.6 Å². The number of hydrogen-bond acceptors (Lipinski definition) is 2. The Hall–Kier alpha value is -0.730. The van der Waals surface area contributed by atoms with Crippen molar-refractivity contribution in [2.75, 3.05) is 6.54 Å². The van der Waals surface area contributed by atoms with E-state index in [1.807, 2.05) is 26.0 Å². The van der Waals surface area contributed by atoms with Gasteiger partial charge in [0.15, 0.2) is 0 Å². The van der Waals surface area contributed by atoms with Crippen molar-refractivity contribution < 1.29 is 4.74 Å². The maximum atomic E-state index is 6.27. The van der Waals surface area contributed by atoms with Crippen LogP contribution in [-0.2, 0) is 5.41 Å². The van der Waals surface area contributed by atoms with Gasteiger partial charge in [0.05, 0.1) is 11.1 Å². The first kappa shape index (κ1) is 15.3. The quantitative estimate of drug-likeness (QED) is 0.842. The van der Waals surface area contributed by atoms with E-state index in [2.05, 4.69) is 19.9 Å². The highest BCUT2D eigenvalue weighted by molar-refractivity contribution is 6.32. The zero-order valence-electron chi connectivity index (χ0n) is 11.8. The molecule has 0 fully saturated rings. The third kappa shape index (κ3) is 3.63. The molecule has 2 N–H and O–H groups in total. The molecule has 0 aliphatic carbocycles. The summed E-state index contributed by atoms with van der Waals surface area (Å²) in [6.45, 7) is 8.97. The second-order valence-corrected chi connectivity index (χ2v) is 5.73. The van der Waals surface area contributed by atoms with Gasteiger partial charge < -0.3 is 10.5 Å². The van der Waals surface area contributed by atoms with Crippen LogP contribution in [0.15, 0.2) is 18.2 Å². The number of nitrogens with two attached hydrogens (primary N) is 1. The lowest BCUT2D eigenvalue weighted by Gasteiger charge is -2.28. The topological polar surface area (TPSA) is 35.2 Å². The summed E-state index contributed by atoms with van der Waals surface area (Å²) < 4.78 is 5.64. The van der Waals surface area contributed by atoms with Crippen molar-refractivity contribution in [1.29, 1.82) is 0 Å². The molecule has 1 aromatic rings. The van der Waals surface area contributed by atoms with Gasteiger partial charge in [-0.05, 0) is 38.0 Å². The molecule has 0 bridgehead atoms. The number of benzene rings is 1. The van der Waals surface area contributed by atoms with E-state index in [0.717, 1.165) is 18.6 Å². The largest absolute Gasteiger partial charge is 0.489 e. The Morgan fingerprint density at radius 3 is 2.50 bits per heavy atom. The molecule has 102 valence electrons. The molecule has 0 aliphatic heterocycles. The Kier molecular flexibility index (Phi) is 5.48. The molecule has 1 unspecified atom stereocenters. The Morgan fingerprint density at radius 1 is 1.39 bits per heavy atom. The third-order valence-electron chi connectivity index (χ3n) is 3.24. The zero-order chi connectivity index (χ0) is 13.8. The molecule has 3 heteroatoms. The fourth-order valence-electron chi connectivity index (χ4n) is 2.14. The number of rotatable bonds is 6. The maximum Gasteiger partial charge on any atom is 0.138 e. The van der Waals surface area contributed by atoms with Crippen LogP contribution in [0.25, 0.3) is 0 Å². The van der Waals surface area contributed by atoms with Crippen LogP contribution in [0.2, 0.25) is 5.02 Å². The Labute approximate surface area is 115 Å². The molecular formula is C15H24ClNO. The average Bonchev–Trinajstić information content (AvgIpc) is 2.31. The van der Waals surface area contributed by atoms with Crippen LogP contribution in [0.5, 0.6) is 5.75 Å². The lowest BCUT2D eigenvalue weighted by atomic mass is 9.79. The van der Waals surface area contributed by atoms with Crippen LogP contribution in [0, 0.1) is 0 Å². The Morgan fingerprint density at radius 2 is 2.06 bits per heavy atom. The molecule has 1 aromatic carbocycles. The first-order valence-electron chi connectivity index (χ1n) is 6.59. The molecular weight excluding hydrogens is 246 g/mol. The van der Waals surface area contributed by atoms with E-state index < -0.39 is 0 Å². The molecule has 1 rings (SSSR count). The molecule has 0 saturated heterocycles. The van der Waals surface area contributed by atoms with Gasteiger partial charge in [0.25, 0.3) is 0 Å². The minimum absolute atomic E-state index is 0.00521. The summed E-state index contributed by atoms with van der Waals surface area (Å²) in [7, 11) is 0. The highest BCUT2D eigenvalue weighted by atomic mass is 35.5. The fourth-order valence-corrected chi connectivity index (χ4v) is 2.37. The Balaban J connectivity index is 3.02. The van der Waals surface area contributed by atoms with Crippen LogP contribution >= 0.6 is 11.6 Å². The van der Waals surface area contributed by atoms with Crippen LogP contribution in [0.4, 0.5) is 0 Å². The van der Waals surface area contributed by atoms with Crippen molar-refractivity contribution in [3.8, 4) is 5.75 Å². The summed E-state index contributed by atoms with van der Waals surface area (Å²) in [5.41, 5.74) is 7.10. The second kappa shape index (κ2) is 6.44.